The SMILES string of the molecule is OCc1cc(F)ccc1Sc1ccc(F)cc1F. The van der Waals surface area contributed by atoms with Gasteiger partial charge in [0.05, 0.1) is 6.61 Å². The lowest BCUT2D eigenvalue weighted by atomic mass is 10.2. The van der Waals surface area contributed by atoms with E-state index in [9.17, 15) is 13.2 Å². The number of rotatable bonds is 3. The molecule has 0 heterocycles. The Labute approximate surface area is 106 Å². The van der Waals surface area contributed by atoms with E-state index >= 15 is 0 Å². The van der Waals surface area contributed by atoms with Crippen LogP contribution in [0, 0.1) is 17.5 Å². The minimum absolute atomic E-state index is 0.220. The topological polar surface area (TPSA) is 20.2 Å². The summed E-state index contributed by atoms with van der Waals surface area (Å²) >= 11 is 1.01. The van der Waals surface area contributed by atoms with Crippen molar-refractivity contribution in [2.75, 3.05) is 0 Å². The average Bonchev–Trinajstić information content (AvgIpc) is 2.34. The first-order valence-corrected chi connectivity index (χ1v) is 5.94. The summed E-state index contributed by atoms with van der Waals surface area (Å²) in [6.45, 7) is -0.344. The zero-order valence-electron chi connectivity index (χ0n) is 9.16. The fourth-order valence-corrected chi connectivity index (χ4v) is 2.37. The summed E-state index contributed by atoms with van der Waals surface area (Å²) < 4.78 is 39.2. The summed E-state index contributed by atoms with van der Waals surface area (Å²) in [6.07, 6.45) is 0. The van der Waals surface area contributed by atoms with Crippen molar-refractivity contribution in [3.8, 4) is 0 Å². The molecule has 0 spiro atoms. The number of aliphatic hydroxyl groups is 1. The Morgan fingerprint density at radius 3 is 2.11 bits per heavy atom. The third kappa shape index (κ3) is 2.86. The first-order valence-electron chi connectivity index (χ1n) is 5.12. The van der Waals surface area contributed by atoms with Gasteiger partial charge in [-0.05, 0) is 35.9 Å². The highest BCUT2D eigenvalue weighted by Gasteiger charge is 2.09. The van der Waals surface area contributed by atoms with E-state index in [1.807, 2.05) is 0 Å². The minimum atomic E-state index is -0.687. The summed E-state index contributed by atoms with van der Waals surface area (Å²) in [5, 5.41) is 9.10. The van der Waals surface area contributed by atoms with Crippen molar-refractivity contribution in [1.82, 2.24) is 0 Å². The molecule has 5 heteroatoms. The molecule has 0 aromatic heterocycles. The van der Waals surface area contributed by atoms with Gasteiger partial charge in [0, 0.05) is 15.9 Å². The van der Waals surface area contributed by atoms with Crippen LogP contribution in [0.5, 0.6) is 0 Å². The standard InChI is InChI=1S/C13H9F3OS/c14-9-1-3-12(8(5-9)7-17)18-13-4-2-10(15)6-11(13)16/h1-6,17H,7H2. The maximum atomic E-state index is 13.5. The molecule has 1 nitrogen and oxygen atoms in total. The second-order valence-corrected chi connectivity index (χ2v) is 4.67. The Kier molecular flexibility index (Phi) is 3.93. The van der Waals surface area contributed by atoms with Gasteiger partial charge in [0.15, 0.2) is 0 Å². The Morgan fingerprint density at radius 1 is 0.889 bits per heavy atom. The molecule has 2 aromatic rings. The number of hydrogen-bond acceptors (Lipinski definition) is 2. The van der Waals surface area contributed by atoms with Gasteiger partial charge in [-0.15, -0.1) is 0 Å². The number of benzene rings is 2. The largest absolute Gasteiger partial charge is 0.392 e. The zero-order valence-corrected chi connectivity index (χ0v) is 9.98. The van der Waals surface area contributed by atoms with Crippen molar-refractivity contribution in [2.45, 2.75) is 16.4 Å². The lowest BCUT2D eigenvalue weighted by molar-refractivity contribution is 0.278. The van der Waals surface area contributed by atoms with Gasteiger partial charge in [0.25, 0.3) is 0 Å². The maximum absolute atomic E-state index is 13.5. The van der Waals surface area contributed by atoms with E-state index in [-0.39, 0.29) is 11.5 Å². The van der Waals surface area contributed by atoms with Gasteiger partial charge in [0.1, 0.15) is 17.5 Å². The molecule has 0 unspecified atom stereocenters. The van der Waals surface area contributed by atoms with E-state index in [1.54, 1.807) is 0 Å². The van der Waals surface area contributed by atoms with Crippen molar-refractivity contribution in [2.24, 2.45) is 0 Å². The highest BCUT2D eigenvalue weighted by atomic mass is 32.2. The highest BCUT2D eigenvalue weighted by molar-refractivity contribution is 7.99. The van der Waals surface area contributed by atoms with Crippen molar-refractivity contribution in [1.29, 1.82) is 0 Å². The van der Waals surface area contributed by atoms with Crippen molar-refractivity contribution >= 4 is 11.8 Å². The molecule has 18 heavy (non-hydrogen) atoms. The third-order valence-corrected chi connectivity index (χ3v) is 3.48. The normalized spacial score (nSPS) is 10.7. The van der Waals surface area contributed by atoms with E-state index in [1.165, 1.54) is 24.3 Å². The third-order valence-electron chi connectivity index (χ3n) is 2.31. The summed E-state index contributed by atoms with van der Waals surface area (Å²) in [6, 6.07) is 7.10. The first-order chi connectivity index (χ1) is 8.60. The Balaban J connectivity index is 2.33. The molecule has 2 rings (SSSR count). The van der Waals surface area contributed by atoms with Crippen LogP contribution in [0.15, 0.2) is 46.2 Å². The van der Waals surface area contributed by atoms with Gasteiger partial charge in [0.2, 0.25) is 0 Å². The monoisotopic (exact) mass is 270 g/mol. The molecule has 1 N–H and O–H groups in total. The molecule has 2 aromatic carbocycles. The molecule has 0 aliphatic heterocycles. The molecule has 0 radical (unpaired) electrons. The van der Waals surface area contributed by atoms with Crippen molar-refractivity contribution < 1.29 is 18.3 Å². The minimum Gasteiger partial charge on any atom is -0.392 e. The van der Waals surface area contributed by atoms with Crippen LogP contribution in [0.2, 0.25) is 0 Å². The quantitative estimate of drug-likeness (QED) is 0.916. The van der Waals surface area contributed by atoms with Gasteiger partial charge < -0.3 is 5.11 Å². The van der Waals surface area contributed by atoms with E-state index < -0.39 is 17.5 Å². The van der Waals surface area contributed by atoms with Crippen LogP contribution in [-0.4, -0.2) is 5.11 Å². The highest BCUT2D eigenvalue weighted by Crippen LogP contribution is 2.32. The van der Waals surface area contributed by atoms with Crippen LogP contribution in [-0.2, 0) is 6.61 Å². The summed E-state index contributed by atoms with van der Waals surface area (Å²) in [4.78, 5) is 0.752. The lowest BCUT2D eigenvalue weighted by Gasteiger charge is -2.08. The van der Waals surface area contributed by atoms with Gasteiger partial charge in [-0.2, -0.15) is 0 Å². The first kappa shape index (κ1) is 13.0. The second-order valence-electron chi connectivity index (χ2n) is 3.59. The Morgan fingerprint density at radius 2 is 1.50 bits per heavy atom. The fraction of sp³-hybridized carbons (Fsp3) is 0.0769. The predicted molar refractivity (Wildman–Crippen MR) is 62.8 cm³/mol. The van der Waals surface area contributed by atoms with Gasteiger partial charge in [-0.3, -0.25) is 0 Å². The number of halogens is 3. The molecule has 0 amide bonds. The van der Waals surface area contributed by atoms with Crippen LogP contribution in [0.3, 0.4) is 0 Å². The Hall–Kier alpha value is -1.46. The molecule has 94 valence electrons. The molecule has 0 saturated carbocycles. The number of aliphatic hydroxyl groups excluding tert-OH is 1. The van der Waals surface area contributed by atoms with Crippen LogP contribution < -0.4 is 0 Å². The summed E-state index contributed by atoms with van der Waals surface area (Å²) in [7, 11) is 0. The van der Waals surface area contributed by atoms with E-state index in [4.69, 9.17) is 5.11 Å². The van der Waals surface area contributed by atoms with Crippen LogP contribution in [0.4, 0.5) is 13.2 Å². The molecule has 0 saturated heterocycles. The van der Waals surface area contributed by atoms with Gasteiger partial charge in [-0.25, -0.2) is 13.2 Å². The summed E-state index contributed by atoms with van der Waals surface area (Å²) in [5.74, 6) is -1.81. The van der Waals surface area contributed by atoms with E-state index in [0.717, 1.165) is 23.9 Å². The zero-order chi connectivity index (χ0) is 13.1. The summed E-state index contributed by atoms with van der Waals surface area (Å²) in [5.41, 5.74) is 0.365. The van der Waals surface area contributed by atoms with E-state index in [2.05, 4.69) is 0 Å². The smallest absolute Gasteiger partial charge is 0.140 e. The molecule has 0 bridgehead atoms. The molecular formula is C13H9F3OS. The fourth-order valence-electron chi connectivity index (χ4n) is 1.45. The molecular weight excluding hydrogens is 261 g/mol. The van der Waals surface area contributed by atoms with Crippen molar-refractivity contribution in [3.63, 3.8) is 0 Å². The molecule has 0 aliphatic rings. The second kappa shape index (κ2) is 5.46. The van der Waals surface area contributed by atoms with Crippen LogP contribution >= 0.6 is 11.8 Å². The van der Waals surface area contributed by atoms with E-state index in [0.29, 0.717) is 10.5 Å². The molecule has 0 fully saturated rings. The molecule has 0 atom stereocenters. The lowest BCUT2D eigenvalue weighted by Crippen LogP contribution is -1.90. The average molecular weight is 270 g/mol. The number of hydrogen-bond donors (Lipinski definition) is 1. The predicted octanol–water partition coefficient (Wildman–Crippen LogP) is 3.75. The Bertz CT molecular complexity index is 572. The van der Waals surface area contributed by atoms with Gasteiger partial charge >= 0.3 is 0 Å². The maximum Gasteiger partial charge on any atom is 0.140 e. The van der Waals surface area contributed by atoms with Crippen molar-refractivity contribution in [3.05, 3.63) is 59.4 Å². The van der Waals surface area contributed by atoms with Crippen LogP contribution in [0.25, 0.3) is 0 Å². The van der Waals surface area contributed by atoms with Crippen LogP contribution in [0.1, 0.15) is 5.56 Å². The van der Waals surface area contributed by atoms with Gasteiger partial charge in [-0.1, -0.05) is 11.8 Å². The molecule has 0 aliphatic carbocycles.